The maximum atomic E-state index is 12.6. The molecule has 0 radical (unpaired) electrons. The van der Waals surface area contributed by atoms with E-state index >= 15 is 0 Å². The minimum atomic E-state index is -1.43. The van der Waals surface area contributed by atoms with Crippen LogP contribution in [0.2, 0.25) is 10.0 Å². The van der Waals surface area contributed by atoms with Crippen molar-refractivity contribution in [1.82, 2.24) is 0 Å². The van der Waals surface area contributed by atoms with Crippen molar-refractivity contribution in [2.24, 2.45) is 0 Å². The average Bonchev–Trinajstić information content (AvgIpc) is 2.81. The normalized spacial score (nSPS) is 12.7. The predicted molar refractivity (Wildman–Crippen MR) is 127 cm³/mol. The number of aliphatic hydroxyl groups excluding tert-OH is 1. The SMILES string of the molecule is CCOC(=O)[C@H](O)[C@@H](c1ccccc1)N(Cc1ccc(OC)cc1)c1ccc(Cl)c(Cl)c1. The summed E-state index contributed by atoms with van der Waals surface area (Å²) in [5.41, 5.74) is 2.41. The van der Waals surface area contributed by atoms with Gasteiger partial charge in [-0.3, -0.25) is 0 Å². The summed E-state index contributed by atoms with van der Waals surface area (Å²) < 4.78 is 10.4. The number of esters is 1. The largest absolute Gasteiger partial charge is 0.497 e. The van der Waals surface area contributed by atoms with Gasteiger partial charge < -0.3 is 19.5 Å². The number of carbonyl (C=O) groups is 1. The van der Waals surface area contributed by atoms with Crippen molar-refractivity contribution in [2.75, 3.05) is 18.6 Å². The van der Waals surface area contributed by atoms with Gasteiger partial charge in [0.2, 0.25) is 0 Å². The van der Waals surface area contributed by atoms with E-state index in [0.717, 1.165) is 16.9 Å². The third-order valence-corrected chi connectivity index (χ3v) is 5.79. The zero-order chi connectivity index (χ0) is 23.1. The van der Waals surface area contributed by atoms with E-state index in [0.29, 0.717) is 22.3 Å². The number of ether oxygens (including phenoxy) is 2. The number of benzene rings is 3. The number of carbonyl (C=O) groups excluding carboxylic acids is 1. The molecule has 0 aliphatic carbocycles. The quantitative estimate of drug-likeness (QED) is 0.405. The molecule has 0 saturated carbocycles. The Hall–Kier alpha value is -2.73. The molecule has 32 heavy (non-hydrogen) atoms. The van der Waals surface area contributed by atoms with E-state index in [2.05, 4.69) is 0 Å². The highest BCUT2D eigenvalue weighted by Gasteiger charge is 2.34. The predicted octanol–water partition coefficient (Wildman–Crippen LogP) is 5.67. The zero-order valence-electron chi connectivity index (χ0n) is 17.9. The van der Waals surface area contributed by atoms with Crippen molar-refractivity contribution < 1.29 is 19.4 Å². The third kappa shape index (κ3) is 5.74. The Kier molecular flexibility index (Phi) is 8.39. The van der Waals surface area contributed by atoms with Crippen molar-refractivity contribution in [3.05, 3.63) is 94.0 Å². The van der Waals surface area contributed by atoms with Gasteiger partial charge in [0, 0.05) is 12.2 Å². The highest BCUT2D eigenvalue weighted by Crippen LogP contribution is 2.35. The minimum Gasteiger partial charge on any atom is -0.497 e. The van der Waals surface area contributed by atoms with Crippen molar-refractivity contribution in [1.29, 1.82) is 0 Å². The molecule has 0 bridgehead atoms. The van der Waals surface area contributed by atoms with Gasteiger partial charge in [0.05, 0.1) is 29.8 Å². The molecule has 168 valence electrons. The summed E-state index contributed by atoms with van der Waals surface area (Å²) in [5.74, 6) is 0.0437. The van der Waals surface area contributed by atoms with Gasteiger partial charge in [-0.05, 0) is 48.4 Å². The lowest BCUT2D eigenvalue weighted by molar-refractivity contribution is -0.154. The molecular weight excluding hydrogens is 449 g/mol. The number of hydrogen-bond acceptors (Lipinski definition) is 5. The molecule has 0 aromatic heterocycles. The second-order valence-corrected chi connectivity index (χ2v) is 7.94. The minimum absolute atomic E-state index is 0.169. The van der Waals surface area contributed by atoms with E-state index < -0.39 is 18.1 Å². The van der Waals surface area contributed by atoms with Crippen LogP contribution in [0.4, 0.5) is 5.69 Å². The van der Waals surface area contributed by atoms with E-state index in [4.69, 9.17) is 32.7 Å². The standard InChI is InChI=1S/C25H25Cl2NO4/c1-3-32-25(30)24(29)23(18-7-5-4-6-8-18)28(19-11-14-21(26)22(27)15-19)16-17-9-12-20(31-2)13-10-17/h4-15,23-24,29H,3,16H2,1-2H3/t23-,24-/m1/s1. The molecule has 0 unspecified atom stereocenters. The lowest BCUT2D eigenvalue weighted by atomic mass is 9.97. The highest BCUT2D eigenvalue weighted by atomic mass is 35.5. The lowest BCUT2D eigenvalue weighted by Gasteiger charge is -2.36. The molecule has 3 aromatic carbocycles. The first-order chi connectivity index (χ1) is 15.4. The first-order valence-electron chi connectivity index (χ1n) is 10.2. The van der Waals surface area contributed by atoms with E-state index in [-0.39, 0.29) is 6.61 Å². The van der Waals surface area contributed by atoms with Gasteiger partial charge in [-0.1, -0.05) is 65.7 Å². The molecule has 1 N–H and O–H groups in total. The summed E-state index contributed by atoms with van der Waals surface area (Å²) in [6.45, 7) is 2.26. The Balaban J connectivity index is 2.10. The first-order valence-corrected chi connectivity index (χ1v) is 10.9. The van der Waals surface area contributed by atoms with Crippen molar-refractivity contribution in [3.63, 3.8) is 0 Å². The Morgan fingerprint density at radius 1 is 1.00 bits per heavy atom. The number of nitrogens with zero attached hydrogens (tertiary/aromatic N) is 1. The smallest absolute Gasteiger partial charge is 0.337 e. The van der Waals surface area contributed by atoms with Crippen LogP contribution in [0.15, 0.2) is 72.8 Å². The average molecular weight is 474 g/mol. The molecule has 3 rings (SSSR count). The van der Waals surface area contributed by atoms with Crippen LogP contribution in [-0.2, 0) is 16.1 Å². The summed E-state index contributed by atoms with van der Waals surface area (Å²) in [5, 5.41) is 11.9. The van der Waals surface area contributed by atoms with Crippen LogP contribution in [0.5, 0.6) is 5.75 Å². The summed E-state index contributed by atoms with van der Waals surface area (Å²) >= 11 is 12.5. The Bertz CT molecular complexity index is 1030. The van der Waals surface area contributed by atoms with Gasteiger partial charge in [-0.2, -0.15) is 0 Å². The number of halogens is 2. The number of anilines is 1. The number of rotatable bonds is 9. The zero-order valence-corrected chi connectivity index (χ0v) is 19.4. The summed E-state index contributed by atoms with van der Waals surface area (Å²) in [7, 11) is 1.61. The maximum Gasteiger partial charge on any atom is 0.337 e. The molecule has 0 heterocycles. The van der Waals surface area contributed by atoms with Gasteiger partial charge in [0.25, 0.3) is 0 Å². The van der Waals surface area contributed by atoms with Crippen LogP contribution in [0, 0.1) is 0 Å². The Morgan fingerprint density at radius 2 is 1.69 bits per heavy atom. The monoisotopic (exact) mass is 473 g/mol. The van der Waals surface area contributed by atoms with Gasteiger partial charge in [-0.25, -0.2) is 4.79 Å². The van der Waals surface area contributed by atoms with Crippen LogP contribution < -0.4 is 9.64 Å². The van der Waals surface area contributed by atoms with E-state index in [1.807, 2.05) is 65.6 Å². The number of methoxy groups -OCH3 is 1. The van der Waals surface area contributed by atoms with Crippen LogP contribution in [0.3, 0.4) is 0 Å². The van der Waals surface area contributed by atoms with Crippen molar-refractivity contribution >= 4 is 34.9 Å². The number of aliphatic hydroxyl groups is 1. The molecule has 0 aliphatic rings. The summed E-state index contributed by atoms with van der Waals surface area (Å²) in [6, 6.07) is 21.4. The number of hydrogen-bond donors (Lipinski definition) is 1. The molecule has 3 aromatic rings. The molecule has 0 amide bonds. The van der Waals surface area contributed by atoms with E-state index in [1.54, 1.807) is 26.2 Å². The topological polar surface area (TPSA) is 59.0 Å². The van der Waals surface area contributed by atoms with Gasteiger partial charge in [0.15, 0.2) is 6.10 Å². The first kappa shape index (κ1) is 23.9. The Morgan fingerprint density at radius 3 is 2.28 bits per heavy atom. The molecule has 0 aliphatic heterocycles. The third-order valence-electron chi connectivity index (χ3n) is 5.05. The van der Waals surface area contributed by atoms with Crippen molar-refractivity contribution in [3.8, 4) is 5.75 Å². The molecule has 0 spiro atoms. The Labute approximate surface area is 198 Å². The second kappa shape index (κ2) is 11.2. The highest BCUT2D eigenvalue weighted by molar-refractivity contribution is 6.42. The molecule has 2 atom stereocenters. The summed E-state index contributed by atoms with van der Waals surface area (Å²) in [6.07, 6.45) is -1.43. The van der Waals surface area contributed by atoms with Crippen molar-refractivity contribution in [2.45, 2.75) is 25.6 Å². The molecule has 0 saturated heterocycles. The molecule has 7 heteroatoms. The van der Waals surface area contributed by atoms with Crippen LogP contribution in [0.25, 0.3) is 0 Å². The van der Waals surface area contributed by atoms with Gasteiger partial charge >= 0.3 is 5.97 Å². The lowest BCUT2D eigenvalue weighted by Crippen LogP contribution is -2.41. The molecule has 5 nitrogen and oxygen atoms in total. The molecule has 0 fully saturated rings. The fraction of sp³-hybridized carbons (Fsp3) is 0.240. The molecular formula is C25H25Cl2NO4. The maximum absolute atomic E-state index is 12.6. The fourth-order valence-corrected chi connectivity index (χ4v) is 3.77. The summed E-state index contributed by atoms with van der Waals surface area (Å²) in [4.78, 5) is 14.5. The second-order valence-electron chi connectivity index (χ2n) is 7.13. The van der Waals surface area contributed by atoms with Gasteiger partial charge in [0.1, 0.15) is 5.75 Å². The fourth-order valence-electron chi connectivity index (χ4n) is 3.48. The van der Waals surface area contributed by atoms with Crippen LogP contribution in [-0.4, -0.2) is 30.9 Å². The van der Waals surface area contributed by atoms with Gasteiger partial charge in [-0.15, -0.1) is 0 Å². The van der Waals surface area contributed by atoms with Crippen LogP contribution >= 0.6 is 23.2 Å². The van der Waals surface area contributed by atoms with Crippen LogP contribution in [0.1, 0.15) is 24.1 Å². The van der Waals surface area contributed by atoms with E-state index in [1.165, 1.54) is 0 Å². The van der Waals surface area contributed by atoms with E-state index in [9.17, 15) is 9.90 Å².